The molecule has 3 unspecified atom stereocenters. The first-order chi connectivity index (χ1) is 6.81. The van der Waals surface area contributed by atoms with Crippen molar-refractivity contribution in [3.8, 4) is 0 Å². The highest BCUT2D eigenvalue weighted by Crippen LogP contribution is 2.29. The minimum atomic E-state index is 0.743. The summed E-state index contributed by atoms with van der Waals surface area (Å²) in [6.07, 6.45) is 4.07. The molecule has 2 heterocycles. The second-order valence-corrected chi connectivity index (χ2v) is 4.95. The van der Waals surface area contributed by atoms with Crippen LogP contribution in [0.1, 0.15) is 19.3 Å². The predicted octanol–water partition coefficient (Wildman–Crippen LogP) is 0.265. The average molecular weight is 197 g/mol. The fourth-order valence-corrected chi connectivity index (χ4v) is 3.07. The molecule has 2 rings (SSSR count). The van der Waals surface area contributed by atoms with E-state index >= 15 is 0 Å². The van der Waals surface area contributed by atoms with Crippen LogP contribution in [0.4, 0.5) is 0 Å². The van der Waals surface area contributed by atoms with Crippen LogP contribution in [-0.4, -0.2) is 44.2 Å². The van der Waals surface area contributed by atoms with Gasteiger partial charge in [-0.25, -0.2) is 0 Å². The summed E-state index contributed by atoms with van der Waals surface area (Å²) in [5.74, 6) is 1.61. The lowest BCUT2D eigenvalue weighted by Gasteiger charge is -2.32. The monoisotopic (exact) mass is 197 g/mol. The van der Waals surface area contributed by atoms with Crippen molar-refractivity contribution in [1.82, 2.24) is 10.2 Å². The summed E-state index contributed by atoms with van der Waals surface area (Å²) in [7, 11) is 2.26. The molecule has 0 radical (unpaired) electrons. The summed E-state index contributed by atoms with van der Waals surface area (Å²) >= 11 is 0. The third-order valence-electron chi connectivity index (χ3n) is 3.90. The minimum Gasteiger partial charge on any atom is -0.330 e. The maximum Gasteiger partial charge on any atom is 0.0136 e. The van der Waals surface area contributed by atoms with E-state index in [2.05, 4.69) is 17.3 Å². The van der Waals surface area contributed by atoms with Crippen LogP contribution in [-0.2, 0) is 0 Å². The maximum atomic E-state index is 5.75. The first kappa shape index (κ1) is 10.4. The summed E-state index contributed by atoms with van der Waals surface area (Å²) < 4.78 is 0. The lowest BCUT2D eigenvalue weighted by atomic mass is 9.88. The highest BCUT2D eigenvalue weighted by molar-refractivity contribution is 4.90. The predicted molar refractivity (Wildman–Crippen MR) is 59.2 cm³/mol. The zero-order valence-electron chi connectivity index (χ0n) is 9.21. The molecule has 0 saturated carbocycles. The summed E-state index contributed by atoms with van der Waals surface area (Å²) in [6.45, 7) is 4.50. The Labute approximate surface area is 87.0 Å². The number of hydrogen-bond acceptors (Lipinski definition) is 3. The van der Waals surface area contributed by atoms with Crippen molar-refractivity contribution in [2.24, 2.45) is 17.6 Å². The van der Waals surface area contributed by atoms with E-state index in [-0.39, 0.29) is 0 Å². The van der Waals surface area contributed by atoms with Gasteiger partial charge in [0.1, 0.15) is 0 Å². The normalized spacial score (nSPS) is 40.3. The van der Waals surface area contributed by atoms with E-state index in [0.29, 0.717) is 0 Å². The van der Waals surface area contributed by atoms with Gasteiger partial charge in [-0.05, 0) is 57.8 Å². The van der Waals surface area contributed by atoms with Gasteiger partial charge in [0.05, 0.1) is 0 Å². The zero-order valence-corrected chi connectivity index (χ0v) is 9.21. The molecule has 0 spiro atoms. The van der Waals surface area contributed by atoms with Crippen molar-refractivity contribution in [3.05, 3.63) is 0 Å². The van der Waals surface area contributed by atoms with Crippen LogP contribution in [0.15, 0.2) is 0 Å². The van der Waals surface area contributed by atoms with Crippen LogP contribution in [0.5, 0.6) is 0 Å². The molecule has 3 nitrogen and oxygen atoms in total. The molecule has 2 aliphatic rings. The molecular formula is C11H23N3. The van der Waals surface area contributed by atoms with Gasteiger partial charge in [-0.1, -0.05) is 0 Å². The number of rotatable bonds is 2. The molecule has 3 N–H and O–H groups in total. The quantitative estimate of drug-likeness (QED) is 0.667. The Kier molecular flexibility index (Phi) is 3.42. The standard InChI is InChI=1S/C11H23N3/c1-14-8-9(6-12)5-11(14)10-3-2-4-13-7-10/h9-11,13H,2-8,12H2,1H3. The van der Waals surface area contributed by atoms with Gasteiger partial charge < -0.3 is 16.0 Å². The van der Waals surface area contributed by atoms with Crippen molar-refractivity contribution in [3.63, 3.8) is 0 Å². The molecule has 2 saturated heterocycles. The summed E-state index contributed by atoms with van der Waals surface area (Å²) in [6, 6.07) is 0.788. The van der Waals surface area contributed by atoms with Gasteiger partial charge in [-0.15, -0.1) is 0 Å². The molecule has 14 heavy (non-hydrogen) atoms. The van der Waals surface area contributed by atoms with E-state index in [0.717, 1.165) is 24.4 Å². The molecule has 0 aliphatic carbocycles. The molecule has 3 heteroatoms. The van der Waals surface area contributed by atoms with Gasteiger partial charge in [0.2, 0.25) is 0 Å². The Hall–Kier alpha value is -0.120. The van der Waals surface area contributed by atoms with Crippen molar-refractivity contribution in [2.45, 2.75) is 25.3 Å². The maximum absolute atomic E-state index is 5.75. The fraction of sp³-hybridized carbons (Fsp3) is 1.00. The van der Waals surface area contributed by atoms with Gasteiger partial charge in [-0.3, -0.25) is 0 Å². The molecule has 0 aromatic rings. The first-order valence-electron chi connectivity index (χ1n) is 5.92. The zero-order chi connectivity index (χ0) is 9.97. The van der Waals surface area contributed by atoms with Crippen LogP contribution in [0.25, 0.3) is 0 Å². The lowest BCUT2D eigenvalue weighted by molar-refractivity contribution is 0.195. The summed E-state index contributed by atoms with van der Waals surface area (Å²) in [5.41, 5.74) is 5.75. The Morgan fingerprint density at radius 1 is 1.50 bits per heavy atom. The number of likely N-dealkylation sites (tertiary alicyclic amines) is 1. The molecule has 2 aliphatic heterocycles. The Bertz CT molecular complexity index is 177. The highest BCUT2D eigenvalue weighted by atomic mass is 15.2. The lowest BCUT2D eigenvalue weighted by Crippen LogP contribution is -2.41. The molecule has 0 amide bonds. The van der Waals surface area contributed by atoms with E-state index in [1.54, 1.807) is 0 Å². The SMILES string of the molecule is CN1CC(CN)CC1C1CCCNC1. The number of nitrogens with one attached hydrogen (secondary N) is 1. The van der Waals surface area contributed by atoms with E-state index in [4.69, 9.17) is 5.73 Å². The first-order valence-corrected chi connectivity index (χ1v) is 5.92. The highest BCUT2D eigenvalue weighted by Gasteiger charge is 2.34. The van der Waals surface area contributed by atoms with Crippen molar-refractivity contribution < 1.29 is 0 Å². The Morgan fingerprint density at radius 3 is 2.93 bits per heavy atom. The van der Waals surface area contributed by atoms with Crippen molar-refractivity contribution in [1.29, 1.82) is 0 Å². The van der Waals surface area contributed by atoms with Gasteiger partial charge in [-0.2, -0.15) is 0 Å². The fourth-order valence-electron chi connectivity index (χ4n) is 3.07. The molecule has 2 fully saturated rings. The van der Waals surface area contributed by atoms with Crippen LogP contribution in [0, 0.1) is 11.8 Å². The second-order valence-electron chi connectivity index (χ2n) is 4.95. The number of piperidine rings is 1. The molecule has 0 bridgehead atoms. The third kappa shape index (κ3) is 2.10. The molecule has 3 atom stereocenters. The number of nitrogens with zero attached hydrogens (tertiary/aromatic N) is 1. The average Bonchev–Trinajstić information content (AvgIpc) is 2.61. The molecule has 0 aromatic heterocycles. The van der Waals surface area contributed by atoms with Crippen LogP contribution in [0.3, 0.4) is 0 Å². The van der Waals surface area contributed by atoms with Gasteiger partial charge in [0.25, 0.3) is 0 Å². The summed E-state index contributed by atoms with van der Waals surface area (Å²) in [4.78, 5) is 2.52. The van der Waals surface area contributed by atoms with Crippen LogP contribution >= 0.6 is 0 Å². The Morgan fingerprint density at radius 2 is 2.36 bits per heavy atom. The van der Waals surface area contributed by atoms with Crippen LogP contribution < -0.4 is 11.1 Å². The minimum absolute atomic E-state index is 0.743. The van der Waals surface area contributed by atoms with E-state index < -0.39 is 0 Å². The number of hydrogen-bond donors (Lipinski definition) is 2. The van der Waals surface area contributed by atoms with Gasteiger partial charge in [0, 0.05) is 12.6 Å². The third-order valence-corrected chi connectivity index (χ3v) is 3.90. The van der Waals surface area contributed by atoms with Gasteiger partial charge >= 0.3 is 0 Å². The molecular weight excluding hydrogens is 174 g/mol. The topological polar surface area (TPSA) is 41.3 Å². The van der Waals surface area contributed by atoms with Crippen molar-refractivity contribution >= 4 is 0 Å². The van der Waals surface area contributed by atoms with Crippen LogP contribution in [0.2, 0.25) is 0 Å². The molecule has 0 aromatic carbocycles. The van der Waals surface area contributed by atoms with Crippen molar-refractivity contribution in [2.75, 3.05) is 33.2 Å². The van der Waals surface area contributed by atoms with E-state index in [1.807, 2.05) is 0 Å². The second kappa shape index (κ2) is 4.60. The largest absolute Gasteiger partial charge is 0.330 e. The van der Waals surface area contributed by atoms with E-state index in [1.165, 1.54) is 38.9 Å². The van der Waals surface area contributed by atoms with Gasteiger partial charge in [0.15, 0.2) is 0 Å². The van der Waals surface area contributed by atoms with E-state index in [9.17, 15) is 0 Å². The smallest absolute Gasteiger partial charge is 0.0136 e. The number of nitrogens with two attached hydrogens (primary N) is 1. The Balaban J connectivity index is 1.90. The summed E-state index contributed by atoms with van der Waals surface area (Å²) in [5, 5.41) is 3.51. The molecule has 82 valence electrons.